The Hall–Kier alpha value is -2.01. The zero-order chi connectivity index (χ0) is 16.6. The molecule has 126 valence electrons. The number of fused-ring (bicyclic) bond motifs is 1. The number of imidazole rings is 1. The zero-order valence-corrected chi connectivity index (χ0v) is 12.5. The average Bonchev–Trinajstić information content (AvgIpc) is 3.07. The Labute approximate surface area is 131 Å². The maximum absolute atomic E-state index is 10.1. The van der Waals surface area contributed by atoms with Crippen molar-refractivity contribution < 1.29 is 24.8 Å². The van der Waals surface area contributed by atoms with Crippen molar-refractivity contribution in [3.05, 3.63) is 6.33 Å². The summed E-state index contributed by atoms with van der Waals surface area (Å²) in [4.78, 5) is 12.3. The van der Waals surface area contributed by atoms with Gasteiger partial charge in [-0.3, -0.25) is 4.57 Å². The first kappa shape index (κ1) is 15.9. The van der Waals surface area contributed by atoms with Crippen molar-refractivity contribution in [2.45, 2.75) is 37.9 Å². The molecule has 4 atom stereocenters. The molecule has 3 heterocycles. The van der Waals surface area contributed by atoms with Gasteiger partial charge >= 0.3 is 0 Å². The van der Waals surface area contributed by atoms with E-state index in [0.29, 0.717) is 17.8 Å². The van der Waals surface area contributed by atoms with Gasteiger partial charge in [-0.25, -0.2) is 4.98 Å². The molecule has 0 amide bonds. The quantitative estimate of drug-likeness (QED) is 0.532. The first-order valence-corrected chi connectivity index (χ1v) is 7.32. The Bertz CT molecular complexity index is 693. The van der Waals surface area contributed by atoms with Crippen molar-refractivity contribution in [3.8, 4) is 5.88 Å². The van der Waals surface area contributed by atoms with Gasteiger partial charge in [0.2, 0.25) is 11.8 Å². The summed E-state index contributed by atoms with van der Waals surface area (Å²) in [7, 11) is 0. The van der Waals surface area contributed by atoms with Gasteiger partial charge in [0.1, 0.15) is 18.3 Å². The number of nitrogens with zero attached hydrogens (tertiary/aromatic N) is 4. The summed E-state index contributed by atoms with van der Waals surface area (Å²) in [6.45, 7) is 2.00. The van der Waals surface area contributed by atoms with Crippen LogP contribution in [0.5, 0.6) is 5.88 Å². The molecule has 4 unspecified atom stereocenters. The van der Waals surface area contributed by atoms with E-state index in [1.165, 1.54) is 10.9 Å². The number of nitrogen functional groups attached to an aromatic ring is 1. The maximum atomic E-state index is 10.1. The van der Waals surface area contributed by atoms with Crippen LogP contribution >= 0.6 is 0 Å². The molecular formula is C13H19N5O5. The van der Waals surface area contributed by atoms with Crippen molar-refractivity contribution in [1.82, 2.24) is 19.5 Å². The molecule has 5 N–H and O–H groups in total. The SMILES string of the molecule is CCCOc1nc(N)nc2c1ncn2C1OC(CO)C(O)C1O. The van der Waals surface area contributed by atoms with Gasteiger partial charge in [0, 0.05) is 0 Å². The third-order valence-corrected chi connectivity index (χ3v) is 3.64. The number of anilines is 1. The zero-order valence-electron chi connectivity index (χ0n) is 12.5. The molecule has 10 nitrogen and oxygen atoms in total. The predicted molar refractivity (Wildman–Crippen MR) is 78.5 cm³/mol. The third-order valence-electron chi connectivity index (χ3n) is 3.64. The first-order valence-electron chi connectivity index (χ1n) is 7.32. The standard InChI is InChI=1S/C13H19N5O5/c1-2-3-22-11-7-10(16-13(14)17-11)18(5-15-7)12-9(21)8(20)6(4-19)23-12/h5-6,8-9,12,19-21H,2-4H2,1H3,(H2,14,16,17). The number of hydrogen-bond acceptors (Lipinski definition) is 9. The number of rotatable bonds is 5. The number of aliphatic hydroxyl groups excluding tert-OH is 3. The van der Waals surface area contributed by atoms with Crippen LogP contribution in [0.2, 0.25) is 0 Å². The van der Waals surface area contributed by atoms with Gasteiger partial charge < -0.3 is 30.5 Å². The van der Waals surface area contributed by atoms with E-state index in [0.717, 1.165) is 6.42 Å². The molecule has 1 fully saturated rings. The fraction of sp³-hybridized carbons (Fsp3) is 0.615. The molecule has 0 aromatic carbocycles. The topological polar surface area (TPSA) is 149 Å². The molecule has 0 radical (unpaired) electrons. The summed E-state index contributed by atoms with van der Waals surface area (Å²) in [6.07, 6.45) is -2.08. The monoisotopic (exact) mass is 325 g/mol. The first-order chi connectivity index (χ1) is 11.1. The molecule has 10 heteroatoms. The van der Waals surface area contributed by atoms with Crippen LogP contribution in [0.3, 0.4) is 0 Å². The minimum Gasteiger partial charge on any atom is -0.476 e. The van der Waals surface area contributed by atoms with Crippen LogP contribution in [0, 0.1) is 0 Å². The lowest BCUT2D eigenvalue weighted by molar-refractivity contribution is -0.0511. The molecule has 23 heavy (non-hydrogen) atoms. The Balaban J connectivity index is 2.01. The van der Waals surface area contributed by atoms with E-state index in [1.807, 2.05) is 6.92 Å². The van der Waals surface area contributed by atoms with Crippen LogP contribution in [0.1, 0.15) is 19.6 Å². The van der Waals surface area contributed by atoms with E-state index in [-0.39, 0.29) is 11.8 Å². The highest BCUT2D eigenvalue weighted by molar-refractivity contribution is 5.77. The van der Waals surface area contributed by atoms with Gasteiger partial charge in [-0.2, -0.15) is 9.97 Å². The van der Waals surface area contributed by atoms with Crippen molar-refractivity contribution in [1.29, 1.82) is 0 Å². The average molecular weight is 325 g/mol. The van der Waals surface area contributed by atoms with Gasteiger partial charge in [0.15, 0.2) is 17.4 Å². The van der Waals surface area contributed by atoms with Crippen LogP contribution in [-0.4, -0.2) is 66.4 Å². The maximum Gasteiger partial charge on any atom is 0.247 e. The minimum atomic E-state index is -1.24. The minimum absolute atomic E-state index is 0.00269. The van der Waals surface area contributed by atoms with E-state index < -0.39 is 31.1 Å². The van der Waals surface area contributed by atoms with Gasteiger partial charge in [0.25, 0.3) is 0 Å². The van der Waals surface area contributed by atoms with Gasteiger partial charge in [-0.1, -0.05) is 6.92 Å². The molecule has 2 aromatic heterocycles. The summed E-state index contributed by atoms with van der Waals surface area (Å²) >= 11 is 0. The predicted octanol–water partition coefficient (Wildman–Crippen LogP) is -1.19. The van der Waals surface area contributed by atoms with Crippen LogP contribution in [0.15, 0.2) is 6.33 Å². The fourth-order valence-electron chi connectivity index (χ4n) is 2.50. The largest absolute Gasteiger partial charge is 0.476 e. The second-order valence-corrected chi connectivity index (χ2v) is 5.29. The molecule has 0 spiro atoms. The second-order valence-electron chi connectivity index (χ2n) is 5.29. The highest BCUT2D eigenvalue weighted by atomic mass is 16.6. The molecule has 1 aliphatic heterocycles. The number of hydrogen-bond donors (Lipinski definition) is 4. The molecular weight excluding hydrogens is 306 g/mol. The van der Waals surface area contributed by atoms with Crippen molar-refractivity contribution >= 4 is 17.1 Å². The molecule has 2 aromatic rings. The van der Waals surface area contributed by atoms with E-state index in [1.54, 1.807) is 0 Å². The van der Waals surface area contributed by atoms with Crippen LogP contribution in [0.4, 0.5) is 5.95 Å². The summed E-state index contributed by atoms with van der Waals surface area (Å²) in [6, 6.07) is 0. The smallest absolute Gasteiger partial charge is 0.247 e. The number of aliphatic hydroxyl groups is 3. The normalized spacial score (nSPS) is 27.7. The second kappa shape index (κ2) is 6.24. The lowest BCUT2D eigenvalue weighted by Gasteiger charge is -2.16. The molecule has 0 bridgehead atoms. The lowest BCUT2D eigenvalue weighted by atomic mass is 10.1. The summed E-state index contributed by atoms with van der Waals surface area (Å²) in [5.41, 5.74) is 6.40. The molecule has 1 aliphatic rings. The molecule has 3 rings (SSSR count). The Morgan fingerprint density at radius 2 is 2.13 bits per heavy atom. The van der Waals surface area contributed by atoms with Crippen molar-refractivity contribution in [2.75, 3.05) is 18.9 Å². The molecule has 0 saturated carbocycles. The van der Waals surface area contributed by atoms with Crippen molar-refractivity contribution in [3.63, 3.8) is 0 Å². The summed E-state index contributed by atoms with van der Waals surface area (Å²) < 4.78 is 12.4. The summed E-state index contributed by atoms with van der Waals surface area (Å²) in [5.74, 6) is 0.247. The summed E-state index contributed by atoms with van der Waals surface area (Å²) in [5, 5.41) is 29.2. The van der Waals surface area contributed by atoms with Crippen LogP contribution < -0.4 is 10.5 Å². The molecule has 0 aliphatic carbocycles. The Kier molecular flexibility index (Phi) is 4.31. The molecule has 1 saturated heterocycles. The van der Waals surface area contributed by atoms with Crippen LogP contribution in [-0.2, 0) is 4.74 Å². The Morgan fingerprint density at radius 1 is 1.35 bits per heavy atom. The third kappa shape index (κ3) is 2.70. The van der Waals surface area contributed by atoms with Gasteiger partial charge in [0.05, 0.1) is 19.5 Å². The van der Waals surface area contributed by atoms with Gasteiger partial charge in [-0.05, 0) is 6.42 Å². The van der Waals surface area contributed by atoms with Crippen molar-refractivity contribution in [2.24, 2.45) is 0 Å². The highest BCUT2D eigenvalue weighted by Gasteiger charge is 2.44. The number of nitrogens with two attached hydrogens (primary N) is 1. The Morgan fingerprint density at radius 3 is 2.78 bits per heavy atom. The van der Waals surface area contributed by atoms with Crippen LogP contribution in [0.25, 0.3) is 11.2 Å². The highest BCUT2D eigenvalue weighted by Crippen LogP contribution is 2.32. The van der Waals surface area contributed by atoms with E-state index in [9.17, 15) is 15.3 Å². The number of ether oxygens (including phenoxy) is 2. The lowest BCUT2D eigenvalue weighted by Crippen LogP contribution is -2.33. The van der Waals surface area contributed by atoms with Gasteiger partial charge in [-0.15, -0.1) is 0 Å². The number of aromatic nitrogens is 4. The fourth-order valence-corrected chi connectivity index (χ4v) is 2.50. The van der Waals surface area contributed by atoms with E-state index >= 15 is 0 Å². The van der Waals surface area contributed by atoms with E-state index in [4.69, 9.17) is 15.2 Å². The van der Waals surface area contributed by atoms with E-state index in [2.05, 4.69) is 15.0 Å².